The van der Waals surface area contributed by atoms with Crippen LogP contribution in [0.5, 0.6) is 0 Å². The average molecular weight is 248 g/mol. The molecule has 0 aliphatic heterocycles. The molecule has 0 aliphatic rings. The van der Waals surface area contributed by atoms with E-state index in [0.29, 0.717) is 18.3 Å². The monoisotopic (exact) mass is 248 g/mol. The van der Waals surface area contributed by atoms with Crippen LogP contribution in [0.25, 0.3) is 0 Å². The third-order valence-electron chi connectivity index (χ3n) is 1.14. The Morgan fingerprint density at radius 3 is 1.92 bits per heavy atom. The quantitative estimate of drug-likeness (QED) is 0.466. The van der Waals surface area contributed by atoms with Crippen LogP contribution < -0.4 is 51.4 Å². The first-order chi connectivity index (χ1) is 5.54. The van der Waals surface area contributed by atoms with E-state index in [-0.39, 0.29) is 52.8 Å². The predicted octanol–water partition coefficient (Wildman–Crippen LogP) is -0.891. The van der Waals surface area contributed by atoms with Gasteiger partial charge in [0.15, 0.2) is 0 Å². The van der Waals surface area contributed by atoms with Crippen LogP contribution in [-0.2, 0) is 13.3 Å². The molecule has 0 heterocycles. The molecule has 0 saturated heterocycles. The molecule has 0 unspecified atom stereocenters. The average Bonchev–Trinajstić information content (AvgIpc) is 1.85. The summed E-state index contributed by atoms with van der Waals surface area (Å²) in [6.45, 7) is 8.56. The van der Waals surface area contributed by atoms with Crippen molar-refractivity contribution in [3.05, 3.63) is 0 Å². The van der Waals surface area contributed by atoms with Gasteiger partial charge in [-0.05, 0) is 26.1 Å². The molecule has 0 bridgehead atoms. The van der Waals surface area contributed by atoms with Crippen molar-refractivity contribution < 1.29 is 66.1 Å². The van der Waals surface area contributed by atoms with E-state index in [1.165, 1.54) is 0 Å². The Morgan fingerprint density at radius 2 is 1.69 bits per heavy atom. The van der Waals surface area contributed by atoms with Gasteiger partial charge in [-0.1, -0.05) is 0 Å². The Morgan fingerprint density at radius 1 is 1.31 bits per heavy atom. The maximum absolute atomic E-state index is 5.39. The summed E-state index contributed by atoms with van der Waals surface area (Å²) in [4.78, 5) is 0. The summed E-state index contributed by atoms with van der Waals surface area (Å²) in [7, 11) is -2.45. The predicted molar refractivity (Wildman–Crippen MR) is 55.3 cm³/mol. The standard InChI is InChI=1S/C7H16O3SSi.K.H/c1-5-8-12(4,9-6-2)10-7(3)11;;/h5-6H2,1-4H3;;/q;+1;-1. The van der Waals surface area contributed by atoms with Gasteiger partial charge in [0, 0.05) is 26.7 Å². The molecule has 0 spiro atoms. The summed E-state index contributed by atoms with van der Waals surface area (Å²) in [5.41, 5.74) is 0. The summed E-state index contributed by atoms with van der Waals surface area (Å²) in [6, 6.07) is 0. The molecule has 0 radical (unpaired) electrons. The van der Waals surface area contributed by atoms with Crippen LogP contribution in [0.15, 0.2) is 0 Å². The van der Waals surface area contributed by atoms with Crippen molar-refractivity contribution >= 4 is 26.1 Å². The van der Waals surface area contributed by atoms with Gasteiger partial charge in [0.05, 0.1) is 0 Å². The van der Waals surface area contributed by atoms with E-state index in [1.807, 2.05) is 20.4 Å². The van der Waals surface area contributed by atoms with Crippen molar-refractivity contribution in [2.24, 2.45) is 0 Å². The zero-order valence-electron chi connectivity index (χ0n) is 10.0. The largest absolute Gasteiger partial charge is 1.00 e. The summed E-state index contributed by atoms with van der Waals surface area (Å²) in [5, 5.41) is 0.478. The topological polar surface area (TPSA) is 27.7 Å². The first kappa shape index (κ1) is 17.1. The Kier molecular flexibility index (Phi) is 11.7. The fraction of sp³-hybridized carbons (Fsp3) is 0.857. The third kappa shape index (κ3) is 8.64. The van der Waals surface area contributed by atoms with Crippen molar-refractivity contribution in [2.45, 2.75) is 27.3 Å². The van der Waals surface area contributed by atoms with Crippen LogP contribution in [0.2, 0.25) is 6.55 Å². The Balaban J connectivity index is -0.000000605. The minimum atomic E-state index is -2.45. The van der Waals surface area contributed by atoms with Crippen molar-refractivity contribution in [3.63, 3.8) is 0 Å². The van der Waals surface area contributed by atoms with Gasteiger partial charge in [-0.25, -0.2) is 0 Å². The van der Waals surface area contributed by atoms with Gasteiger partial charge in [-0.2, -0.15) is 0 Å². The molecule has 0 aromatic heterocycles. The molecule has 0 rings (SSSR count). The van der Waals surface area contributed by atoms with E-state index < -0.39 is 8.80 Å². The number of hydrogen-bond donors (Lipinski definition) is 0. The maximum Gasteiger partial charge on any atom is 1.00 e. The molecular formula is C7H17KO3SSi. The zero-order chi connectivity index (χ0) is 9.61. The second-order valence-corrected chi connectivity index (χ2v) is 5.40. The van der Waals surface area contributed by atoms with Crippen LogP contribution >= 0.6 is 12.2 Å². The third-order valence-corrected chi connectivity index (χ3v) is 3.68. The van der Waals surface area contributed by atoms with E-state index in [4.69, 9.17) is 25.5 Å². The fourth-order valence-corrected chi connectivity index (χ4v) is 3.11. The molecule has 0 aliphatic carbocycles. The van der Waals surface area contributed by atoms with E-state index in [0.717, 1.165) is 0 Å². The molecule has 0 aromatic carbocycles. The van der Waals surface area contributed by atoms with Gasteiger partial charge < -0.3 is 14.7 Å². The minimum Gasteiger partial charge on any atom is -1.00 e. The normalized spacial score (nSPS) is 10.5. The van der Waals surface area contributed by atoms with Gasteiger partial charge in [0.25, 0.3) is 0 Å². The molecule has 0 saturated carbocycles. The van der Waals surface area contributed by atoms with Crippen LogP contribution in [0.1, 0.15) is 22.2 Å². The minimum absolute atomic E-state index is 0. The summed E-state index contributed by atoms with van der Waals surface area (Å²) >= 11 is 4.82. The molecule has 3 nitrogen and oxygen atoms in total. The number of hydrogen-bond acceptors (Lipinski definition) is 4. The van der Waals surface area contributed by atoms with Crippen molar-refractivity contribution in [1.29, 1.82) is 0 Å². The molecule has 6 heteroatoms. The molecule has 13 heavy (non-hydrogen) atoms. The molecule has 0 fully saturated rings. The SMILES string of the molecule is CCO[Si](C)(OCC)OC(C)=S.[H-].[K+]. The molecular weight excluding hydrogens is 231 g/mol. The first-order valence-corrected chi connectivity index (χ1v) is 6.65. The van der Waals surface area contributed by atoms with Crippen LogP contribution in [0.3, 0.4) is 0 Å². The van der Waals surface area contributed by atoms with Gasteiger partial charge in [-0.15, -0.1) is 0 Å². The summed E-state index contributed by atoms with van der Waals surface area (Å²) in [6.07, 6.45) is 0. The van der Waals surface area contributed by atoms with Crippen molar-refractivity contribution in [3.8, 4) is 0 Å². The fourth-order valence-electron chi connectivity index (χ4n) is 0.886. The molecule has 0 aromatic rings. The summed E-state index contributed by atoms with van der Waals surface area (Å²) in [5.74, 6) is 0. The molecule has 0 N–H and O–H groups in total. The van der Waals surface area contributed by atoms with Gasteiger partial charge in [0.1, 0.15) is 5.05 Å². The Bertz CT molecular complexity index is 156. The number of thiocarbonyl (C=S) groups is 1. The number of rotatable bonds is 5. The van der Waals surface area contributed by atoms with E-state index in [2.05, 4.69) is 0 Å². The van der Waals surface area contributed by atoms with Crippen molar-refractivity contribution in [1.82, 2.24) is 0 Å². The van der Waals surface area contributed by atoms with E-state index >= 15 is 0 Å². The molecule has 0 atom stereocenters. The van der Waals surface area contributed by atoms with Gasteiger partial charge in [0.2, 0.25) is 0 Å². The molecule has 74 valence electrons. The first-order valence-electron chi connectivity index (χ1n) is 4.01. The van der Waals surface area contributed by atoms with Gasteiger partial charge >= 0.3 is 60.2 Å². The van der Waals surface area contributed by atoms with Gasteiger partial charge in [-0.3, -0.25) is 0 Å². The second kappa shape index (κ2) is 8.93. The second-order valence-electron chi connectivity index (χ2n) is 2.32. The maximum atomic E-state index is 5.39. The summed E-state index contributed by atoms with van der Waals surface area (Å²) < 4.78 is 16.1. The van der Waals surface area contributed by atoms with Crippen LogP contribution in [0, 0.1) is 0 Å². The van der Waals surface area contributed by atoms with E-state index in [1.54, 1.807) is 6.92 Å². The van der Waals surface area contributed by atoms with Crippen LogP contribution in [-0.4, -0.2) is 27.1 Å². The zero-order valence-corrected chi connectivity index (χ0v) is 14.0. The Labute approximate surface area is 131 Å². The van der Waals surface area contributed by atoms with Crippen molar-refractivity contribution in [2.75, 3.05) is 13.2 Å². The Hall–Kier alpha value is 1.66. The molecule has 0 amide bonds. The van der Waals surface area contributed by atoms with E-state index in [9.17, 15) is 0 Å². The van der Waals surface area contributed by atoms with Crippen LogP contribution in [0.4, 0.5) is 0 Å². The smallest absolute Gasteiger partial charge is 1.00 e.